The zero-order chi connectivity index (χ0) is 13.2. The summed E-state index contributed by atoms with van der Waals surface area (Å²) < 4.78 is 15.7. The average Bonchev–Trinajstić information content (AvgIpc) is 2.21. The van der Waals surface area contributed by atoms with Crippen LogP contribution in [0.15, 0.2) is 0 Å². The maximum absolute atomic E-state index is 7.57. The first-order valence-corrected chi connectivity index (χ1v) is 7.16. The van der Waals surface area contributed by atoms with Crippen molar-refractivity contribution in [3.8, 4) is 0 Å². The Labute approximate surface area is 135 Å². The van der Waals surface area contributed by atoms with Gasteiger partial charge in [0, 0.05) is 52.5 Å². The van der Waals surface area contributed by atoms with E-state index < -0.39 is 15.1 Å². The summed E-state index contributed by atoms with van der Waals surface area (Å²) in [7, 11) is 0. The third-order valence-electron chi connectivity index (χ3n) is 0.908. The second kappa shape index (κ2) is 42.8. The Bertz CT molecular complexity index is 87.7. The van der Waals surface area contributed by atoms with Gasteiger partial charge in [0.15, 0.2) is 0 Å². The van der Waals surface area contributed by atoms with Gasteiger partial charge in [0.1, 0.15) is 0 Å². The van der Waals surface area contributed by atoms with Crippen LogP contribution < -0.4 is 0 Å². The zero-order valence-electron chi connectivity index (χ0n) is 12.9. The van der Waals surface area contributed by atoms with Gasteiger partial charge in [-0.2, -0.15) is 0 Å². The van der Waals surface area contributed by atoms with Crippen LogP contribution in [0.1, 0.15) is 34.6 Å². The van der Waals surface area contributed by atoms with Crippen molar-refractivity contribution in [2.45, 2.75) is 34.6 Å². The smallest absolute Gasteiger partial charge is 0.455 e. The molecule has 0 aromatic carbocycles. The maximum atomic E-state index is 7.57. The number of hydrogen-bond donors (Lipinski definition) is 2. The first kappa shape index (κ1) is 36.8. The Kier molecular flexibility index (Phi) is 82.8. The van der Waals surface area contributed by atoms with Crippen molar-refractivity contribution in [3.63, 3.8) is 0 Å². The first-order valence-electron chi connectivity index (χ1n) is 5.74. The van der Waals surface area contributed by atoms with E-state index >= 15 is 0 Å². The number of aliphatic hydroxyl groups excluding tert-OH is 2. The number of rotatable bonds is 6. The fourth-order valence-corrected chi connectivity index (χ4v) is 1.66. The van der Waals surface area contributed by atoms with Crippen LogP contribution in [0.25, 0.3) is 0 Å². The third kappa shape index (κ3) is 55.1. The topological polar surface area (TPSA) is 131 Å². The molecule has 0 spiro atoms. The van der Waals surface area contributed by atoms with E-state index in [-0.39, 0.29) is 43.6 Å². The Hall–Kier alpha value is 0.876. The molecule has 0 bridgehead atoms. The van der Waals surface area contributed by atoms with Crippen molar-refractivity contribution in [1.29, 1.82) is 0 Å². The van der Waals surface area contributed by atoms with E-state index in [0.29, 0.717) is 19.8 Å². The van der Waals surface area contributed by atoms with Crippen LogP contribution >= 0.6 is 0 Å². The van der Waals surface area contributed by atoms with Crippen molar-refractivity contribution in [1.82, 2.24) is 0 Å². The summed E-state index contributed by atoms with van der Waals surface area (Å²) in [6, 6.07) is 0. The van der Waals surface area contributed by atoms with Gasteiger partial charge in [-0.15, -0.1) is 0 Å². The molecule has 6 N–H and O–H groups in total. The number of aliphatic hydroxyl groups is 2. The molecular weight excluding hydrogens is 324 g/mol. The van der Waals surface area contributed by atoms with Crippen molar-refractivity contribution in [2.24, 2.45) is 0 Å². The summed E-state index contributed by atoms with van der Waals surface area (Å²) >= 11 is -1.73. The van der Waals surface area contributed by atoms with E-state index in [1.807, 2.05) is 20.8 Å². The molecule has 0 fully saturated rings. The summed E-state index contributed by atoms with van der Waals surface area (Å²) in [6.45, 7) is 11.7. The number of hydrogen-bond acceptors (Lipinski definition) is 5. The van der Waals surface area contributed by atoms with Gasteiger partial charge in [0.05, 0.1) is 0 Å². The fourth-order valence-electron chi connectivity index (χ4n) is 0.553. The predicted molar refractivity (Wildman–Crippen MR) is 73.4 cm³/mol. The van der Waals surface area contributed by atoms with Gasteiger partial charge in [0.2, 0.25) is 0 Å². The third-order valence-corrected chi connectivity index (χ3v) is 2.72. The van der Waals surface area contributed by atoms with Crippen LogP contribution in [0, 0.1) is 0 Å². The average molecular weight is 356 g/mol. The molecule has 0 radical (unpaired) electrons. The Balaban J connectivity index is -0.0000000406. The van der Waals surface area contributed by atoms with E-state index in [1.54, 1.807) is 13.8 Å². The molecule has 0 saturated carbocycles. The Morgan fingerprint density at radius 1 is 0.684 bits per heavy atom. The minimum Gasteiger partial charge on any atom is -0.455 e. The standard InChI is InChI=1S/2C2H6O.3C2H5O.Al.2H2O.Zn/c5*1-2-3;;;;/h2*3H,2H2,1H3;3*2H2,1H3;;2*1H2;/q;;3*-1;+3;;;. The molecule has 0 aromatic heterocycles. The molecule has 0 atom stereocenters. The quantitative estimate of drug-likeness (QED) is 0.616. The minimum atomic E-state index is -1.73. The van der Waals surface area contributed by atoms with E-state index in [9.17, 15) is 0 Å². The molecule has 0 aliphatic carbocycles. The second-order valence-electron chi connectivity index (χ2n) is 2.29. The summed E-state index contributed by atoms with van der Waals surface area (Å²) in [6.07, 6.45) is 0. The van der Waals surface area contributed by atoms with E-state index in [0.717, 1.165) is 0 Å². The van der Waals surface area contributed by atoms with Gasteiger partial charge in [-0.3, -0.25) is 0 Å². The van der Waals surface area contributed by atoms with Gasteiger partial charge < -0.3 is 32.5 Å². The van der Waals surface area contributed by atoms with Crippen LogP contribution in [0.3, 0.4) is 0 Å². The molecule has 0 aliphatic heterocycles. The maximum Gasteiger partial charge on any atom is 0.905 e. The van der Waals surface area contributed by atoms with Crippen molar-refractivity contribution >= 4 is 15.1 Å². The monoisotopic (exact) mass is 354 g/mol. The molecule has 0 saturated heterocycles. The summed E-state index contributed by atoms with van der Waals surface area (Å²) in [4.78, 5) is 0. The van der Waals surface area contributed by atoms with Gasteiger partial charge in [-0.1, -0.05) is 0 Å². The van der Waals surface area contributed by atoms with E-state index in [2.05, 4.69) is 0 Å². The molecule has 0 unspecified atom stereocenters. The molecule has 0 rings (SSSR count). The second-order valence-corrected chi connectivity index (χ2v) is 3.86. The van der Waals surface area contributed by atoms with Gasteiger partial charge in [-0.05, 0) is 34.6 Å². The van der Waals surface area contributed by atoms with Gasteiger partial charge in [0.25, 0.3) is 0 Å². The molecule has 7 nitrogen and oxygen atoms in total. The molecule has 0 aromatic rings. The Morgan fingerprint density at radius 3 is 0.947 bits per heavy atom. The summed E-state index contributed by atoms with van der Waals surface area (Å²) in [5.41, 5.74) is 0. The molecule has 118 valence electrons. The Morgan fingerprint density at radius 2 is 0.842 bits per heavy atom. The molecule has 9 heteroatoms. The van der Waals surface area contributed by atoms with Crippen molar-refractivity contribution in [3.05, 3.63) is 0 Å². The molecule has 0 heterocycles. The predicted octanol–water partition coefficient (Wildman–Crippen LogP) is -0.574. The van der Waals surface area contributed by atoms with Crippen LogP contribution in [-0.2, 0) is 30.8 Å². The van der Waals surface area contributed by atoms with Crippen LogP contribution in [0.2, 0.25) is 0 Å². The molecule has 19 heavy (non-hydrogen) atoms. The van der Waals surface area contributed by atoms with E-state index in [4.69, 9.17) is 21.6 Å². The SMILES string of the molecule is CCO.CCO.CC[O][Al]([O]CC)[O]CC.O.O.[Zn]. The van der Waals surface area contributed by atoms with Crippen molar-refractivity contribution in [2.75, 3.05) is 33.0 Å². The summed E-state index contributed by atoms with van der Waals surface area (Å²) in [5, 5.41) is 15.1. The van der Waals surface area contributed by atoms with Crippen molar-refractivity contribution < 1.29 is 52.0 Å². The van der Waals surface area contributed by atoms with Gasteiger partial charge in [-0.25, -0.2) is 0 Å². The fraction of sp³-hybridized carbons (Fsp3) is 1.00. The minimum absolute atomic E-state index is 0. The summed E-state index contributed by atoms with van der Waals surface area (Å²) in [5.74, 6) is 0. The van der Waals surface area contributed by atoms with Gasteiger partial charge >= 0.3 is 15.1 Å². The first-order chi connectivity index (χ1) is 7.67. The zero-order valence-corrected chi connectivity index (χ0v) is 17.1. The molecule has 0 aliphatic rings. The van der Waals surface area contributed by atoms with Crippen LogP contribution in [0.4, 0.5) is 0 Å². The largest absolute Gasteiger partial charge is 0.905 e. The van der Waals surface area contributed by atoms with Crippen LogP contribution in [-0.4, -0.2) is 69.3 Å². The van der Waals surface area contributed by atoms with E-state index in [1.165, 1.54) is 0 Å². The molecular formula is C10H31AlO7Zn. The molecule has 0 amide bonds. The van der Waals surface area contributed by atoms with Crippen LogP contribution in [0.5, 0.6) is 0 Å². The normalized spacial score (nSPS) is 7.11.